The molecule has 0 spiro atoms. The minimum Gasteiger partial charge on any atom is -0.388 e. The Balaban J connectivity index is 2.43. The molecule has 0 aromatic carbocycles. The number of thiazole rings is 1. The maximum Gasteiger partial charge on any atom is 0.0869 e. The number of likely N-dealkylation sites (N-methyl/N-ethyl adjacent to an activating group) is 1. The van der Waals surface area contributed by atoms with Crippen molar-refractivity contribution in [1.82, 2.24) is 15.2 Å². The molecule has 104 valence electrons. The summed E-state index contributed by atoms with van der Waals surface area (Å²) in [5.41, 5.74) is 2.25. The van der Waals surface area contributed by atoms with E-state index in [2.05, 4.69) is 29.0 Å². The van der Waals surface area contributed by atoms with E-state index in [0.29, 0.717) is 19.1 Å². The lowest BCUT2D eigenvalue weighted by Gasteiger charge is -2.30. The van der Waals surface area contributed by atoms with Gasteiger partial charge in [0.25, 0.3) is 0 Å². The fourth-order valence-corrected chi connectivity index (χ4v) is 2.70. The zero-order valence-corrected chi connectivity index (χ0v) is 12.8. The molecule has 0 aliphatic carbocycles. The van der Waals surface area contributed by atoms with Crippen molar-refractivity contribution in [3.05, 3.63) is 16.1 Å². The van der Waals surface area contributed by atoms with Crippen LogP contribution in [0.5, 0.6) is 0 Å². The highest BCUT2D eigenvalue weighted by molar-refractivity contribution is 7.09. The molecule has 0 saturated carbocycles. The minimum atomic E-state index is -0.711. The summed E-state index contributed by atoms with van der Waals surface area (Å²) in [6, 6.07) is 0.394. The smallest absolute Gasteiger partial charge is 0.0869 e. The predicted molar refractivity (Wildman–Crippen MR) is 76.9 cm³/mol. The van der Waals surface area contributed by atoms with Gasteiger partial charge in [-0.1, -0.05) is 13.8 Å². The van der Waals surface area contributed by atoms with Crippen LogP contribution in [0.1, 0.15) is 31.3 Å². The second kappa shape index (κ2) is 6.61. The number of aromatic nitrogens is 1. The van der Waals surface area contributed by atoms with Gasteiger partial charge in [0.15, 0.2) is 0 Å². The normalized spacial score (nSPS) is 15.3. The number of aryl methyl sites for hydroxylation is 1. The van der Waals surface area contributed by atoms with Gasteiger partial charge >= 0.3 is 0 Å². The number of hydrogen-bond acceptors (Lipinski definition) is 5. The Morgan fingerprint density at radius 3 is 2.72 bits per heavy atom. The Morgan fingerprint density at radius 2 is 2.22 bits per heavy atom. The van der Waals surface area contributed by atoms with Gasteiger partial charge < -0.3 is 10.4 Å². The second-order valence-corrected chi connectivity index (χ2v) is 6.51. The molecule has 1 aromatic rings. The van der Waals surface area contributed by atoms with Crippen LogP contribution >= 0.6 is 11.3 Å². The van der Waals surface area contributed by atoms with Crippen molar-refractivity contribution in [2.45, 2.75) is 45.9 Å². The van der Waals surface area contributed by atoms with E-state index in [9.17, 15) is 5.11 Å². The van der Waals surface area contributed by atoms with Crippen LogP contribution in [0.2, 0.25) is 0 Å². The van der Waals surface area contributed by atoms with Crippen molar-refractivity contribution in [1.29, 1.82) is 0 Å². The van der Waals surface area contributed by atoms with Gasteiger partial charge in [-0.15, -0.1) is 11.3 Å². The van der Waals surface area contributed by atoms with Crippen molar-refractivity contribution in [2.24, 2.45) is 0 Å². The average molecular weight is 271 g/mol. The highest BCUT2D eigenvalue weighted by Crippen LogP contribution is 2.15. The van der Waals surface area contributed by atoms with Crippen LogP contribution in [0.15, 0.2) is 5.51 Å². The molecular weight excluding hydrogens is 246 g/mol. The van der Waals surface area contributed by atoms with Gasteiger partial charge in [0.2, 0.25) is 0 Å². The molecule has 0 aliphatic rings. The van der Waals surface area contributed by atoms with Gasteiger partial charge in [0.05, 0.1) is 16.8 Å². The summed E-state index contributed by atoms with van der Waals surface area (Å²) in [4.78, 5) is 7.65. The maximum absolute atomic E-state index is 10.3. The summed E-state index contributed by atoms with van der Waals surface area (Å²) >= 11 is 1.67. The molecule has 1 heterocycles. The Kier molecular flexibility index (Phi) is 5.72. The van der Waals surface area contributed by atoms with Crippen molar-refractivity contribution in [2.75, 3.05) is 20.1 Å². The van der Waals surface area contributed by atoms with Gasteiger partial charge in [-0.2, -0.15) is 0 Å². The van der Waals surface area contributed by atoms with E-state index >= 15 is 0 Å². The third-order valence-electron chi connectivity index (χ3n) is 2.76. The third kappa shape index (κ3) is 5.44. The zero-order chi connectivity index (χ0) is 13.8. The quantitative estimate of drug-likeness (QED) is 0.791. The lowest BCUT2D eigenvalue weighted by atomic mass is 10.1. The first-order valence-electron chi connectivity index (χ1n) is 6.33. The van der Waals surface area contributed by atoms with Crippen molar-refractivity contribution >= 4 is 11.3 Å². The molecule has 5 heteroatoms. The van der Waals surface area contributed by atoms with Crippen LogP contribution in [0.3, 0.4) is 0 Å². The van der Waals surface area contributed by atoms with E-state index in [4.69, 9.17) is 0 Å². The number of aliphatic hydroxyl groups is 1. The zero-order valence-electron chi connectivity index (χ0n) is 12.0. The van der Waals surface area contributed by atoms with Gasteiger partial charge in [-0.3, -0.25) is 4.90 Å². The van der Waals surface area contributed by atoms with E-state index in [1.54, 1.807) is 11.3 Å². The van der Waals surface area contributed by atoms with Crippen LogP contribution in [0.4, 0.5) is 0 Å². The highest BCUT2D eigenvalue weighted by Gasteiger charge is 2.23. The molecule has 1 atom stereocenters. The van der Waals surface area contributed by atoms with Gasteiger partial charge in [0, 0.05) is 30.6 Å². The molecule has 18 heavy (non-hydrogen) atoms. The largest absolute Gasteiger partial charge is 0.388 e. The van der Waals surface area contributed by atoms with Crippen molar-refractivity contribution in [3.8, 4) is 0 Å². The molecule has 1 unspecified atom stereocenters. The van der Waals surface area contributed by atoms with Gasteiger partial charge in [-0.05, 0) is 20.9 Å². The van der Waals surface area contributed by atoms with Crippen molar-refractivity contribution in [3.63, 3.8) is 0 Å². The van der Waals surface area contributed by atoms with E-state index in [1.165, 1.54) is 4.88 Å². The summed E-state index contributed by atoms with van der Waals surface area (Å²) in [6.07, 6.45) is 0. The second-order valence-electron chi connectivity index (χ2n) is 5.57. The lowest BCUT2D eigenvalue weighted by molar-refractivity contribution is 0.0241. The lowest BCUT2D eigenvalue weighted by Crippen LogP contribution is -2.47. The molecule has 0 aliphatic heterocycles. The molecule has 2 N–H and O–H groups in total. The van der Waals surface area contributed by atoms with Gasteiger partial charge in [-0.25, -0.2) is 4.98 Å². The SMILES string of the molecule is Cc1ncsc1CN(C)CC(C)(O)CNC(C)C. The molecule has 0 radical (unpaired) electrons. The maximum atomic E-state index is 10.3. The molecule has 0 saturated heterocycles. The first-order valence-corrected chi connectivity index (χ1v) is 7.21. The van der Waals surface area contributed by atoms with E-state index in [0.717, 1.165) is 12.2 Å². The molecule has 4 nitrogen and oxygen atoms in total. The first kappa shape index (κ1) is 15.6. The summed E-state index contributed by atoms with van der Waals surface area (Å²) < 4.78 is 0. The summed E-state index contributed by atoms with van der Waals surface area (Å²) in [7, 11) is 2.03. The fourth-order valence-electron chi connectivity index (χ4n) is 1.84. The van der Waals surface area contributed by atoms with Crippen LogP contribution < -0.4 is 5.32 Å². The summed E-state index contributed by atoms with van der Waals surface area (Å²) in [5, 5.41) is 13.6. The standard InChI is InChI=1S/C13H25N3OS/c1-10(2)14-7-13(4,17)8-16(5)6-12-11(3)15-9-18-12/h9-10,14,17H,6-8H2,1-5H3. The number of hydrogen-bond donors (Lipinski definition) is 2. The van der Waals surface area contributed by atoms with Crippen LogP contribution in [-0.2, 0) is 6.54 Å². The number of nitrogens with zero attached hydrogens (tertiary/aromatic N) is 2. The van der Waals surface area contributed by atoms with E-state index in [-0.39, 0.29) is 0 Å². The van der Waals surface area contributed by atoms with Gasteiger partial charge in [0.1, 0.15) is 0 Å². The Hall–Kier alpha value is -0.490. The molecule has 0 bridgehead atoms. The predicted octanol–water partition coefficient (Wildman–Crippen LogP) is 1.63. The monoisotopic (exact) mass is 271 g/mol. The average Bonchev–Trinajstić information content (AvgIpc) is 2.61. The molecule has 1 rings (SSSR count). The van der Waals surface area contributed by atoms with Crippen LogP contribution in [0.25, 0.3) is 0 Å². The van der Waals surface area contributed by atoms with E-state index in [1.807, 2.05) is 26.4 Å². The van der Waals surface area contributed by atoms with Crippen LogP contribution in [-0.4, -0.2) is 46.8 Å². The Labute approximate surface area is 114 Å². The van der Waals surface area contributed by atoms with E-state index < -0.39 is 5.60 Å². The Bertz CT molecular complexity index is 363. The fraction of sp³-hybridized carbons (Fsp3) is 0.769. The first-order chi connectivity index (χ1) is 8.30. The molecule has 0 amide bonds. The third-order valence-corrected chi connectivity index (χ3v) is 3.68. The van der Waals surface area contributed by atoms with Crippen LogP contribution in [0, 0.1) is 6.92 Å². The molecule has 0 fully saturated rings. The topological polar surface area (TPSA) is 48.4 Å². The summed E-state index contributed by atoms with van der Waals surface area (Å²) in [5.74, 6) is 0. The molecular formula is C13H25N3OS. The summed E-state index contributed by atoms with van der Waals surface area (Å²) in [6.45, 7) is 10.2. The highest BCUT2D eigenvalue weighted by atomic mass is 32.1. The Morgan fingerprint density at radius 1 is 1.56 bits per heavy atom. The number of nitrogens with one attached hydrogen (secondary N) is 1. The number of rotatable bonds is 7. The van der Waals surface area contributed by atoms with Crippen molar-refractivity contribution < 1.29 is 5.11 Å². The minimum absolute atomic E-state index is 0.394. The molecule has 1 aromatic heterocycles.